The van der Waals surface area contributed by atoms with Crippen LogP contribution < -0.4 is 0 Å². The lowest BCUT2D eigenvalue weighted by Crippen LogP contribution is -2.48. The molecule has 2 fully saturated rings. The minimum absolute atomic E-state index is 0.0397. The minimum Gasteiger partial charge on any atom is -0.392 e. The van der Waals surface area contributed by atoms with Crippen molar-refractivity contribution in [3.8, 4) is 0 Å². The molecule has 1 aromatic carbocycles. The van der Waals surface area contributed by atoms with Gasteiger partial charge in [-0.3, -0.25) is 14.5 Å². The summed E-state index contributed by atoms with van der Waals surface area (Å²) in [5.41, 5.74) is 0.553. The number of β-amino-alcohol motifs (C(OH)–C–C–N with tert-alkyl or cyclic N) is 1. The summed E-state index contributed by atoms with van der Waals surface area (Å²) in [6, 6.07) is 4.71. The molecule has 2 aliphatic heterocycles. The van der Waals surface area contributed by atoms with Crippen LogP contribution in [0.5, 0.6) is 0 Å². The normalized spacial score (nSPS) is 22.4. The molecule has 0 spiro atoms. The largest absolute Gasteiger partial charge is 0.392 e. The number of amides is 2. The molecule has 0 saturated carbocycles. The van der Waals surface area contributed by atoms with Crippen LogP contribution in [0, 0.1) is 5.82 Å². The number of carbonyl (C=O) groups is 2. The number of likely N-dealkylation sites (tertiary alicyclic amines) is 1. The summed E-state index contributed by atoms with van der Waals surface area (Å²) < 4.78 is 18.9. The summed E-state index contributed by atoms with van der Waals surface area (Å²) in [6.45, 7) is 4.21. The monoisotopic (exact) mass is 495 g/mol. The van der Waals surface area contributed by atoms with Crippen LogP contribution in [0.4, 0.5) is 4.39 Å². The number of carbonyl (C=O) groups excluding carboxylic acids is 2. The number of piperidine rings is 1. The van der Waals surface area contributed by atoms with Crippen molar-refractivity contribution in [1.29, 1.82) is 0 Å². The summed E-state index contributed by atoms with van der Waals surface area (Å²) in [5, 5.41) is 10.0. The third-order valence-electron chi connectivity index (χ3n) is 6.54. The average molecular weight is 496 g/mol. The number of aliphatic hydroxyl groups excluding tert-OH is 1. The highest BCUT2D eigenvalue weighted by molar-refractivity contribution is 6.30. The summed E-state index contributed by atoms with van der Waals surface area (Å²) in [6.07, 6.45) is 6.53. The molecule has 34 heavy (non-hydrogen) atoms. The SMILES string of the molecule is COCC1CCC(O)CN1CCCCN1CCN(C(=O)/C=C/c2ccc(Cl)c(F)c2)CCC1=O. The van der Waals surface area contributed by atoms with E-state index in [9.17, 15) is 19.1 Å². The molecule has 7 nitrogen and oxygen atoms in total. The van der Waals surface area contributed by atoms with Crippen molar-refractivity contribution in [2.24, 2.45) is 0 Å². The maximum Gasteiger partial charge on any atom is 0.246 e. The Morgan fingerprint density at radius 3 is 2.79 bits per heavy atom. The predicted molar refractivity (Wildman–Crippen MR) is 130 cm³/mol. The average Bonchev–Trinajstić information content (AvgIpc) is 3.00. The molecular formula is C25H35ClFN3O4. The van der Waals surface area contributed by atoms with E-state index in [0.717, 1.165) is 32.2 Å². The Morgan fingerprint density at radius 2 is 2.03 bits per heavy atom. The molecule has 0 aromatic heterocycles. The van der Waals surface area contributed by atoms with Crippen LogP contribution in [0.15, 0.2) is 24.3 Å². The molecule has 2 saturated heterocycles. The fourth-order valence-corrected chi connectivity index (χ4v) is 4.68. The number of halogens is 2. The van der Waals surface area contributed by atoms with E-state index in [0.29, 0.717) is 57.4 Å². The lowest BCUT2D eigenvalue weighted by atomic mass is 10.00. The molecule has 188 valence electrons. The van der Waals surface area contributed by atoms with Crippen LogP contribution in [-0.4, -0.2) is 96.8 Å². The molecule has 2 atom stereocenters. The van der Waals surface area contributed by atoms with Crippen LogP contribution in [-0.2, 0) is 14.3 Å². The lowest BCUT2D eigenvalue weighted by molar-refractivity contribution is -0.130. The van der Waals surface area contributed by atoms with Gasteiger partial charge in [0.05, 0.1) is 17.7 Å². The molecule has 0 aliphatic carbocycles. The molecule has 2 heterocycles. The van der Waals surface area contributed by atoms with Gasteiger partial charge in [-0.15, -0.1) is 0 Å². The molecule has 0 bridgehead atoms. The Hall–Kier alpha value is -2.00. The van der Waals surface area contributed by atoms with Gasteiger partial charge < -0.3 is 19.6 Å². The Kier molecular flexibility index (Phi) is 10.3. The van der Waals surface area contributed by atoms with Gasteiger partial charge in [0.25, 0.3) is 0 Å². The maximum absolute atomic E-state index is 13.6. The van der Waals surface area contributed by atoms with Gasteiger partial charge in [-0.25, -0.2) is 4.39 Å². The fourth-order valence-electron chi connectivity index (χ4n) is 4.56. The summed E-state index contributed by atoms with van der Waals surface area (Å²) in [5.74, 6) is -0.666. The van der Waals surface area contributed by atoms with Crippen molar-refractivity contribution in [3.05, 3.63) is 40.7 Å². The Balaban J connectivity index is 1.43. The molecule has 9 heteroatoms. The molecule has 1 aromatic rings. The molecule has 3 rings (SSSR count). The van der Waals surface area contributed by atoms with Gasteiger partial charge in [0.2, 0.25) is 11.8 Å². The first-order valence-electron chi connectivity index (χ1n) is 12.0. The van der Waals surface area contributed by atoms with Crippen LogP contribution >= 0.6 is 11.6 Å². The predicted octanol–water partition coefficient (Wildman–Crippen LogP) is 2.81. The Bertz CT molecular complexity index is 869. The van der Waals surface area contributed by atoms with E-state index in [1.165, 1.54) is 18.2 Å². The van der Waals surface area contributed by atoms with Crippen LogP contribution in [0.2, 0.25) is 5.02 Å². The topological polar surface area (TPSA) is 73.3 Å². The van der Waals surface area contributed by atoms with Gasteiger partial charge in [-0.05, 0) is 56.0 Å². The molecule has 2 aliphatic rings. The number of hydrogen-bond donors (Lipinski definition) is 1. The number of hydrogen-bond acceptors (Lipinski definition) is 5. The van der Waals surface area contributed by atoms with E-state index in [-0.39, 0.29) is 22.9 Å². The van der Waals surface area contributed by atoms with Gasteiger partial charge in [0, 0.05) is 58.4 Å². The first-order chi connectivity index (χ1) is 16.4. The summed E-state index contributed by atoms with van der Waals surface area (Å²) in [4.78, 5) is 30.9. The highest BCUT2D eigenvalue weighted by atomic mass is 35.5. The van der Waals surface area contributed by atoms with Gasteiger partial charge >= 0.3 is 0 Å². The zero-order valence-corrected chi connectivity index (χ0v) is 20.6. The van der Waals surface area contributed by atoms with Crippen molar-refractivity contribution in [3.63, 3.8) is 0 Å². The van der Waals surface area contributed by atoms with E-state index in [2.05, 4.69) is 4.90 Å². The molecule has 2 amide bonds. The van der Waals surface area contributed by atoms with Crippen molar-refractivity contribution < 1.29 is 23.8 Å². The molecule has 1 N–H and O–H groups in total. The summed E-state index contributed by atoms with van der Waals surface area (Å²) in [7, 11) is 1.70. The van der Waals surface area contributed by atoms with E-state index < -0.39 is 5.82 Å². The quantitative estimate of drug-likeness (QED) is 0.421. The first kappa shape index (κ1) is 26.6. The number of methoxy groups -OCH3 is 1. The van der Waals surface area contributed by atoms with Gasteiger partial charge in [-0.2, -0.15) is 0 Å². The second kappa shape index (κ2) is 13.2. The Labute approximate surface area is 206 Å². The number of ether oxygens (including phenoxy) is 1. The standard InChI is InChI=1S/C25H35ClFN3O4/c1-34-18-20-6-7-21(31)17-30(20)12-3-2-11-28-14-15-29(13-10-25(28)33)24(32)9-5-19-4-8-22(26)23(27)16-19/h4-5,8-9,16,20-21,31H,2-3,6-7,10-15,17-18H2,1H3/b9-5+. The highest BCUT2D eigenvalue weighted by Gasteiger charge is 2.27. The zero-order valence-electron chi connectivity index (χ0n) is 19.8. The lowest BCUT2D eigenvalue weighted by Gasteiger charge is -2.37. The molecular weight excluding hydrogens is 461 g/mol. The van der Waals surface area contributed by atoms with E-state index in [1.807, 2.05) is 4.90 Å². The maximum atomic E-state index is 13.6. The highest BCUT2D eigenvalue weighted by Crippen LogP contribution is 2.19. The minimum atomic E-state index is -0.530. The number of nitrogens with zero attached hydrogens (tertiary/aromatic N) is 3. The van der Waals surface area contributed by atoms with Crippen LogP contribution in [0.1, 0.15) is 37.7 Å². The van der Waals surface area contributed by atoms with Gasteiger partial charge in [0.15, 0.2) is 0 Å². The number of rotatable bonds is 9. The van der Waals surface area contributed by atoms with Crippen molar-refractivity contribution in [2.45, 2.75) is 44.2 Å². The summed E-state index contributed by atoms with van der Waals surface area (Å²) >= 11 is 5.69. The fraction of sp³-hybridized carbons (Fsp3) is 0.600. The van der Waals surface area contributed by atoms with Crippen molar-refractivity contribution >= 4 is 29.5 Å². The zero-order chi connectivity index (χ0) is 24.5. The second-order valence-electron chi connectivity index (χ2n) is 9.01. The third kappa shape index (κ3) is 7.77. The first-order valence-corrected chi connectivity index (χ1v) is 12.4. The van der Waals surface area contributed by atoms with Gasteiger partial charge in [-0.1, -0.05) is 17.7 Å². The van der Waals surface area contributed by atoms with Gasteiger partial charge in [0.1, 0.15) is 5.82 Å². The van der Waals surface area contributed by atoms with Crippen LogP contribution in [0.3, 0.4) is 0 Å². The Morgan fingerprint density at radius 1 is 1.24 bits per heavy atom. The molecule has 0 radical (unpaired) electrons. The third-order valence-corrected chi connectivity index (χ3v) is 6.85. The van der Waals surface area contributed by atoms with E-state index >= 15 is 0 Å². The second-order valence-corrected chi connectivity index (χ2v) is 9.41. The van der Waals surface area contributed by atoms with Crippen LogP contribution in [0.25, 0.3) is 6.08 Å². The molecule has 2 unspecified atom stereocenters. The van der Waals surface area contributed by atoms with Crippen molar-refractivity contribution in [1.82, 2.24) is 14.7 Å². The number of aliphatic hydroxyl groups is 1. The van der Waals surface area contributed by atoms with Crippen molar-refractivity contribution in [2.75, 3.05) is 53.0 Å². The van der Waals surface area contributed by atoms with E-state index in [1.54, 1.807) is 24.2 Å². The van der Waals surface area contributed by atoms with E-state index in [4.69, 9.17) is 16.3 Å². The smallest absolute Gasteiger partial charge is 0.246 e. The number of unbranched alkanes of at least 4 members (excludes halogenated alkanes) is 1. The number of benzene rings is 1.